The summed E-state index contributed by atoms with van der Waals surface area (Å²) in [6, 6.07) is 8.16. The summed E-state index contributed by atoms with van der Waals surface area (Å²) in [4.78, 5) is 15.0. The number of ether oxygens (including phenoxy) is 1. The number of hydrogen-bond donors (Lipinski definition) is 1. The fourth-order valence-electron chi connectivity index (χ4n) is 3.68. The van der Waals surface area contributed by atoms with Crippen LogP contribution in [0.5, 0.6) is 0 Å². The van der Waals surface area contributed by atoms with Gasteiger partial charge in [0.25, 0.3) is 0 Å². The third-order valence-electron chi connectivity index (χ3n) is 5.01. The smallest absolute Gasteiger partial charge is 0.230 e. The van der Waals surface area contributed by atoms with E-state index in [0.29, 0.717) is 12.2 Å². The monoisotopic (exact) mass is 394 g/mol. The lowest BCUT2D eigenvalue weighted by molar-refractivity contribution is -0.123. The van der Waals surface area contributed by atoms with Crippen molar-refractivity contribution in [3.63, 3.8) is 0 Å². The molecule has 132 valence electrons. The molecule has 1 amide bonds. The minimum absolute atomic E-state index is 0.188. The van der Waals surface area contributed by atoms with Crippen LogP contribution in [0.3, 0.4) is 0 Å². The van der Waals surface area contributed by atoms with Crippen molar-refractivity contribution in [2.75, 3.05) is 26.2 Å². The van der Waals surface area contributed by atoms with Gasteiger partial charge >= 0.3 is 0 Å². The lowest BCUT2D eigenvalue weighted by Crippen LogP contribution is -2.46. The van der Waals surface area contributed by atoms with Crippen LogP contribution in [-0.4, -0.2) is 49.2 Å². The maximum atomic E-state index is 12.6. The van der Waals surface area contributed by atoms with Crippen LogP contribution in [0.1, 0.15) is 38.7 Å². The first kappa shape index (κ1) is 17.9. The molecule has 1 N–H and O–H groups in total. The van der Waals surface area contributed by atoms with Gasteiger partial charge in [-0.25, -0.2) is 0 Å². The average Bonchev–Trinajstić information content (AvgIpc) is 3.33. The van der Waals surface area contributed by atoms with Crippen molar-refractivity contribution in [1.82, 2.24) is 10.2 Å². The van der Waals surface area contributed by atoms with Gasteiger partial charge in [0, 0.05) is 30.7 Å². The predicted molar refractivity (Wildman–Crippen MR) is 99.1 cm³/mol. The molecule has 0 radical (unpaired) electrons. The number of hydrogen-bond acceptors (Lipinski definition) is 3. The Labute approximate surface area is 153 Å². The van der Waals surface area contributed by atoms with E-state index in [1.54, 1.807) is 0 Å². The van der Waals surface area contributed by atoms with E-state index in [2.05, 4.69) is 52.1 Å². The van der Waals surface area contributed by atoms with Gasteiger partial charge in [-0.1, -0.05) is 28.1 Å². The maximum Gasteiger partial charge on any atom is 0.230 e. The number of carbonyl (C=O) groups is 1. The Morgan fingerprint density at radius 3 is 2.46 bits per heavy atom. The van der Waals surface area contributed by atoms with Gasteiger partial charge in [-0.2, -0.15) is 0 Å². The van der Waals surface area contributed by atoms with E-state index in [1.165, 1.54) is 0 Å². The molecule has 1 aromatic rings. The summed E-state index contributed by atoms with van der Waals surface area (Å²) in [6.45, 7) is 7.99. The normalized spacial score (nSPS) is 26.1. The van der Waals surface area contributed by atoms with Crippen molar-refractivity contribution in [3.05, 3.63) is 34.3 Å². The molecule has 0 bridgehead atoms. The van der Waals surface area contributed by atoms with Crippen LogP contribution in [0, 0.1) is 0 Å². The van der Waals surface area contributed by atoms with Crippen LogP contribution < -0.4 is 5.32 Å². The summed E-state index contributed by atoms with van der Waals surface area (Å²) in [7, 11) is 0. The molecule has 2 unspecified atom stereocenters. The molecule has 1 aliphatic carbocycles. The second-order valence-electron chi connectivity index (χ2n) is 7.22. The predicted octanol–water partition coefficient (Wildman–Crippen LogP) is 3.10. The first-order chi connectivity index (χ1) is 11.5. The molecular formula is C19H27BrN2O2. The Bertz CT molecular complexity index is 561. The van der Waals surface area contributed by atoms with E-state index in [1.807, 2.05) is 12.1 Å². The fourth-order valence-corrected chi connectivity index (χ4v) is 3.95. The molecule has 2 atom stereocenters. The second-order valence-corrected chi connectivity index (χ2v) is 8.13. The quantitative estimate of drug-likeness (QED) is 0.753. The average molecular weight is 395 g/mol. The highest BCUT2D eigenvalue weighted by molar-refractivity contribution is 9.10. The summed E-state index contributed by atoms with van der Waals surface area (Å²) in [5, 5.41) is 3.15. The van der Waals surface area contributed by atoms with Crippen molar-refractivity contribution in [1.29, 1.82) is 0 Å². The van der Waals surface area contributed by atoms with Crippen LogP contribution in [0.4, 0.5) is 0 Å². The molecule has 4 nitrogen and oxygen atoms in total. The number of benzene rings is 1. The zero-order valence-electron chi connectivity index (χ0n) is 14.6. The first-order valence-electron chi connectivity index (χ1n) is 8.92. The van der Waals surface area contributed by atoms with Gasteiger partial charge in [0.1, 0.15) is 0 Å². The van der Waals surface area contributed by atoms with Crippen molar-refractivity contribution >= 4 is 21.8 Å². The van der Waals surface area contributed by atoms with E-state index in [4.69, 9.17) is 4.74 Å². The minimum atomic E-state index is -0.275. The highest BCUT2D eigenvalue weighted by Crippen LogP contribution is 2.48. The first-order valence-corrected chi connectivity index (χ1v) is 9.71. The van der Waals surface area contributed by atoms with Gasteiger partial charge in [0.2, 0.25) is 5.91 Å². The van der Waals surface area contributed by atoms with Gasteiger partial charge in [-0.05, 0) is 50.8 Å². The number of rotatable bonds is 6. The standard InChI is InChI=1S/C19H27BrN2O2/c1-14-12-22(13-15(2)24-14)11-3-10-21-18(23)19(8-9-19)16-4-6-17(20)7-5-16/h4-7,14-15H,3,8-13H2,1-2H3,(H,21,23). The molecule has 1 heterocycles. The lowest BCUT2D eigenvalue weighted by atomic mass is 9.95. The molecule has 3 rings (SSSR count). The Morgan fingerprint density at radius 1 is 1.25 bits per heavy atom. The van der Waals surface area contributed by atoms with Gasteiger partial charge in [-0.3, -0.25) is 9.69 Å². The highest BCUT2D eigenvalue weighted by Gasteiger charge is 2.50. The summed E-state index contributed by atoms with van der Waals surface area (Å²) < 4.78 is 6.81. The Hall–Kier alpha value is -0.910. The van der Waals surface area contributed by atoms with Crippen LogP contribution in [-0.2, 0) is 14.9 Å². The SMILES string of the molecule is CC1CN(CCCNC(=O)C2(c3ccc(Br)cc3)CC2)CC(C)O1. The van der Waals surface area contributed by atoms with Crippen LogP contribution in [0.2, 0.25) is 0 Å². The molecule has 5 heteroatoms. The van der Waals surface area contributed by atoms with E-state index in [-0.39, 0.29) is 11.3 Å². The van der Waals surface area contributed by atoms with Crippen molar-refractivity contribution in [2.45, 2.75) is 50.7 Å². The molecule has 0 spiro atoms. The van der Waals surface area contributed by atoms with Crippen molar-refractivity contribution < 1.29 is 9.53 Å². The minimum Gasteiger partial charge on any atom is -0.373 e. The Kier molecular flexibility index (Phi) is 5.63. The van der Waals surface area contributed by atoms with Gasteiger partial charge in [-0.15, -0.1) is 0 Å². The third-order valence-corrected chi connectivity index (χ3v) is 5.54. The zero-order chi connectivity index (χ0) is 17.2. The molecule has 0 aromatic heterocycles. The number of nitrogens with one attached hydrogen (secondary N) is 1. The van der Waals surface area contributed by atoms with Crippen molar-refractivity contribution in [3.8, 4) is 0 Å². The van der Waals surface area contributed by atoms with Crippen LogP contribution >= 0.6 is 15.9 Å². The third kappa shape index (κ3) is 4.19. The molecule has 2 aliphatic rings. The summed E-state index contributed by atoms with van der Waals surface area (Å²) in [6.07, 6.45) is 3.51. The summed E-state index contributed by atoms with van der Waals surface area (Å²) >= 11 is 3.45. The van der Waals surface area contributed by atoms with Crippen molar-refractivity contribution in [2.24, 2.45) is 0 Å². The largest absolute Gasteiger partial charge is 0.373 e. The van der Waals surface area contributed by atoms with E-state index in [0.717, 1.165) is 55.5 Å². The zero-order valence-corrected chi connectivity index (χ0v) is 16.1. The van der Waals surface area contributed by atoms with Crippen LogP contribution in [0.15, 0.2) is 28.7 Å². The van der Waals surface area contributed by atoms with Gasteiger partial charge in [0.15, 0.2) is 0 Å². The maximum absolute atomic E-state index is 12.6. The molecule has 1 saturated carbocycles. The number of nitrogens with zero attached hydrogens (tertiary/aromatic N) is 1. The molecular weight excluding hydrogens is 368 g/mol. The molecule has 1 saturated heterocycles. The van der Waals surface area contributed by atoms with Gasteiger partial charge < -0.3 is 10.1 Å². The topological polar surface area (TPSA) is 41.6 Å². The van der Waals surface area contributed by atoms with Gasteiger partial charge in [0.05, 0.1) is 17.6 Å². The number of halogens is 1. The van der Waals surface area contributed by atoms with E-state index in [9.17, 15) is 4.79 Å². The molecule has 1 aromatic carbocycles. The number of morpholine rings is 1. The molecule has 2 fully saturated rings. The summed E-state index contributed by atoms with van der Waals surface area (Å²) in [5.41, 5.74) is 0.863. The fraction of sp³-hybridized carbons (Fsp3) is 0.632. The van der Waals surface area contributed by atoms with E-state index < -0.39 is 0 Å². The van der Waals surface area contributed by atoms with E-state index >= 15 is 0 Å². The van der Waals surface area contributed by atoms with Crippen LogP contribution in [0.25, 0.3) is 0 Å². The highest BCUT2D eigenvalue weighted by atomic mass is 79.9. The number of amides is 1. The molecule has 24 heavy (non-hydrogen) atoms. The Balaban J connectivity index is 1.43. The molecule has 1 aliphatic heterocycles. The number of carbonyl (C=O) groups excluding carboxylic acids is 1. The second kappa shape index (κ2) is 7.54. The Morgan fingerprint density at radius 2 is 1.88 bits per heavy atom. The summed E-state index contributed by atoms with van der Waals surface area (Å²) in [5.74, 6) is 0.188. The lowest BCUT2D eigenvalue weighted by Gasteiger charge is -2.35.